The van der Waals surface area contributed by atoms with Crippen LogP contribution >= 0.6 is 12.4 Å². The second-order valence-corrected chi connectivity index (χ2v) is 4.75. The van der Waals surface area contributed by atoms with Crippen LogP contribution in [0.3, 0.4) is 0 Å². The Morgan fingerprint density at radius 2 is 2.06 bits per heavy atom. The van der Waals surface area contributed by atoms with Crippen molar-refractivity contribution in [1.82, 2.24) is 5.32 Å². The summed E-state index contributed by atoms with van der Waals surface area (Å²) in [5.74, 6) is 0.0420. The van der Waals surface area contributed by atoms with Crippen molar-refractivity contribution in [1.29, 1.82) is 0 Å². The number of hydrogen-bond acceptors (Lipinski definition) is 2. The van der Waals surface area contributed by atoms with Crippen molar-refractivity contribution >= 4 is 18.4 Å². The first kappa shape index (κ1) is 19.8. The van der Waals surface area contributed by atoms with Crippen LogP contribution in [-0.2, 0) is 4.79 Å². The normalized spacial score (nSPS) is 15.3. The Labute approximate surface area is 117 Å². The van der Waals surface area contributed by atoms with E-state index in [1.165, 1.54) is 0 Å². The predicted octanol–water partition coefficient (Wildman–Crippen LogP) is 3.49. The molecule has 0 spiro atoms. The van der Waals surface area contributed by atoms with Gasteiger partial charge in [-0.15, -0.1) is 19.0 Å². The lowest BCUT2D eigenvalue weighted by molar-refractivity contribution is -0.141. The second kappa shape index (κ2) is 11.5. The van der Waals surface area contributed by atoms with Gasteiger partial charge in [0.25, 0.3) is 0 Å². The molecule has 0 rings (SSSR count). The first-order valence-corrected chi connectivity index (χ1v) is 6.63. The zero-order valence-electron chi connectivity index (χ0n) is 11.8. The molecule has 0 aromatic rings. The summed E-state index contributed by atoms with van der Waals surface area (Å²) in [5, 5.41) is 12.3. The third kappa shape index (κ3) is 7.72. The van der Waals surface area contributed by atoms with Crippen molar-refractivity contribution in [3.63, 3.8) is 0 Å². The number of rotatable bonds is 10. The van der Waals surface area contributed by atoms with Gasteiger partial charge in [0.05, 0.1) is 0 Å². The van der Waals surface area contributed by atoms with E-state index < -0.39 is 12.0 Å². The Morgan fingerprint density at radius 1 is 1.44 bits per heavy atom. The standard InChI is InChI=1S/C14H27NO2.ClH/c1-5-8-9-11(4)10-12(6-2)13(14(16)17)15-7-3;/h5,11-13,15H,1,6-10H2,2-4H3,(H,16,17);1H/t11?,12-,13?;/m1./s1. The molecule has 0 radical (unpaired) electrons. The van der Waals surface area contributed by atoms with E-state index >= 15 is 0 Å². The number of nitrogens with one attached hydrogen (secondary N) is 1. The minimum Gasteiger partial charge on any atom is -0.480 e. The fourth-order valence-corrected chi connectivity index (χ4v) is 2.25. The highest BCUT2D eigenvalue weighted by molar-refractivity contribution is 5.85. The van der Waals surface area contributed by atoms with Gasteiger partial charge in [-0.3, -0.25) is 4.79 Å². The lowest BCUT2D eigenvalue weighted by Gasteiger charge is -2.26. The molecule has 0 aromatic carbocycles. The molecular formula is C14H28ClNO2. The molecule has 18 heavy (non-hydrogen) atoms. The molecule has 0 aliphatic carbocycles. The Balaban J connectivity index is 0. The number of likely N-dealkylation sites (N-methyl/N-ethyl adjacent to an activating group) is 1. The molecule has 0 amide bonds. The molecule has 0 heterocycles. The fraction of sp³-hybridized carbons (Fsp3) is 0.786. The molecule has 0 aromatic heterocycles. The number of aliphatic carboxylic acids is 1. The van der Waals surface area contributed by atoms with Gasteiger partial charge in [0.1, 0.15) is 6.04 Å². The summed E-state index contributed by atoms with van der Waals surface area (Å²) >= 11 is 0. The summed E-state index contributed by atoms with van der Waals surface area (Å²) in [7, 11) is 0. The smallest absolute Gasteiger partial charge is 0.320 e. The van der Waals surface area contributed by atoms with Crippen LogP contribution in [0.15, 0.2) is 12.7 Å². The van der Waals surface area contributed by atoms with Gasteiger partial charge in [-0.1, -0.05) is 33.3 Å². The number of hydrogen-bond donors (Lipinski definition) is 2. The number of halogens is 1. The third-order valence-corrected chi connectivity index (χ3v) is 3.25. The third-order valence-electron chi connectivity index (χ3n) is 3.25. The topological polar surface area (TPSA) is 49.3 Å². The highest BCUT2D eigenvalue weighted by atomic mass is 35.5. The SMILES string of the molecule is C=CCCC(C)C[C@@H](CC)C(NCC)C(=O)O.Cl. The molecule has 3 nitrogen and oxygen atoms in total. The van der Waals surface area contributed by atoms with Crippen LogP contribution in [0.2, 0.25) is 0 Å². The molecule has 0 aliphatic heterocycles. The lowest BCUT2D eigenvalue weighted by Crippen LogP contribution is -2.43. The molecule has 4 heteroatoms. The summed E-state index contributed by atoms with van der Waals surface area (Å²) in [6.45, 7) is 10.6. The maximum Gasteiger partial charge on any atom is 0.320 e. The van der Waals surface area contributed by atoms with Gasteiger partial charge >= 0.3 is 5.97 Å². The van der Waals surface area contributed by atoms with Gasteiger partial charge in [0, 0.05) is 0 Å². The molecular weight excluding hydrogens is 250 g/mol. The summed E-state index contributed by atoms with van der Waals surface area (Å²) in [6.07, 6.45) is 5.90. The van der Waals surface area contributed by atoms with Crippen LogP contribution in [-0.4, -0.2) is 23.7 Å². The monoisotopic (exact) mass is 277 g/mol. The minimum atomic E-state index is -0.727. The maximum absolute atomic E-state index is 11.2. The van der Waals surface area contributed by atoms with Gasteiger partial charge < -0.3 is 10.4 Å². The van der Waals surface area contributed by atoms with Gasteiger partial charge in [-0.05, 0) is 37.6 Å². The summed E-state index contributed by atoms with van der Waals surface area (Å²) in [4.78, 5) is 11.2. The van der Waals surface area contributed by atoms with Crippen molar-refractivity contribution in [2.75, 3.05) is 6.54 Å². The van der Waals surface area contributed by atoms with Crippen LogP contribution in [0.1, 0.15) is 46.5 Å². The Hall–Kier alpha value is -0.540. The second-order valence-electron chi connectivity index (χ2n) is 4.75. The average Bonchev–Trinajstić information content (AvgIpc) is 2.30. The summed E-state index contributed by atoms with van der Waals surface area (Å²) < 4.78 is 0. The van der Waals surface area contributed by atoms with Crippen molar-refractivity contribution < 1.29 is 9.90 Å². The van der Waals surface area contributed by atoms with Gasteiger partial charge in [-0.25, -0.2) is 0 Å². The number of carbonyl (C=O) groups is 1. The van der Waals surface area contributed by atoms with Gasteiger partial charge in [0.2, 0.25) is 0 Å². The minimum absolute atomic E-state index is 0. The molecule has 0 saturated carbocycles. The predicted molar refractivity (Wildman–Crippen MR) is 79.3 cm³/mol. The lowest BCUT2D eigenvalue weighted by atomic mass is 9.85. The van der Waals surface area contributed by atoms with E-state index in [9.17, 15) is 9.90 Å². The van der Waals surface area contributed by atoms with Crippen molar-refractivity contribution in [2.24, 2.45) is 11.8 Å². The highest BCUT2D eigenvalue weighted by Gasteiger charge is 2.26. The van der Waals surface area contributed by atoms with E-state index in [1.807, 2.05) is 13.0 Å². The summed E-state index contributed by atoms with van der Waals surface area (Å²) in [5.41, 5.74) is 0. The largest absolute Gasteiger partial charge is 0.480 e. The number of allylic oxidation sites excluding steroid dienone is 1. The Bertz CT molecular complexity index is 234. The van der Waals surface area contributed by atoms with Gasteiger partial charge in [-0.2, -0.15) is 0 Å². The Morgan fingerprint density at radius 3 is 2.44 bits per heavy atom. The number of carboxylic acids is 1. The van der Waals surface area contributed by atoms with E-state index in [-0.39, 0.29) is 18.3 Å². The molecule has 2 unspecified atom stereocenters. The van der Waals surface area contributed by atoms with E-state index in [1.54, 1.807) is 0 Å². The van der Waals surface area contributed by atoms with Gasteiger partial charge in [0.15, 0.2) is 0 Å². The van der Waals surface area contributed by atoms with Crippen LogP contribution < -0.4 is 5.32 Å². The molecule has 0 saturated heterocycles. The van der Waals surface area contributed by atoms with Crippen molar-refractivity contribution in [3.8, 4) is 0 Å². The fourth-order valence-electron chi connectivity index (χ4n) is 2.25. The zero-order chi connectivity index (χ0) is 13.3. The van der Waals surface area contributed by atoms with E-state index in [0.29, 0.717) is 12.5 Å². The van der Waals surface area contributed by atoms with Crippen LogP contribution in [0.4, 0.5) is 0 Å². The zero-order valence-corrected chi connectivity index (χ0v) is 12.6. The maximum atomic E-state index is 11.2. The molecule has 108 valence electrons. The first-order chi connectivity index (χ1) is 8.06. The highest BCUT2D eigenvalue weighted by Crippen LogP contribution is 2.22. The van der Waals surface area contributed by atoms with E-state index in [2.05, 4.69) is 25.7 Å². The first-order valence-electron chi connectivity index (χ1n) is 6.63. The molecule has 3 atom stereocenters. The van der Waals surface area contributed by atoms with Crippen LogP contribution in [0.5, 0.6) is 0 Å². The quantitative estimate of drug-likeness (QED) is 0.601. The Kier molecular flexibility index (Phi) is 12.7. The molecule has 0 bridgehead atoms. The number of carboxylic acid groups (broad SMARTS) is 1. The molecule has 0 aliphatic rings. The van der Waals surface area contributed by atoms with E-state index in [0.717, 1.165) is 25.7 Å². The average molecular weight is 278 g/mol. The molecule has 2 N–H and O–H groups in total. The van der Waals surface area contributed by atoms with E-state index in [4.69, 9.17) is 0 Å². The van der Waals surface area contributed by atoms with Crippen molar-refractivity contribution in [2.45, 2.75) is 52.5 Å². The van der Waals surface area contributed by atoms with Crippen LogP contribution in [0, 0.1) is 11.8 Å². The van der Waals surface area contributed by atoms with Crippen LogP contribution in [0.25, 0.3) is 0 Å². The van der Waals surface area contributed by atoms with Crippen molar-refractivity contribution in [3.05, 3.63) is 12.7 Å². The summed E-state index contributed by atoms with van der Waals surface area (Å²) in [6, 6.07) is -0.406. The molecule has 0 fully saturated rings.